The Morgan fingerprint density at radius 2 is 2.00 bits per heavy atom. The van der Waals surface area contributed by atoms with Crippen molar-refractivity contribution in [2.24, 2.45) is 0 Å². The summed E-state index contributed by atoms with van der Waals surface area (Å²) in [5.41, 5.74) is 4.97. The SMILES string of the molecule is CC(C#N)=C1c2ccc(Cn3c(CO)nc4c(OC(F)F)cccc43)cc2COc2cc(F)ccc21. The Hall–Kier alpha value is -4.29. The van der Waals surface area contributed by atoms with E-state index >= 15 is 0 Å². The first-order valence-corrected chi connectivity index (χ1v) is 11.1. The minimum atomic E-state index is -3.00. The predicted molar refractivity (Wildman–Crippen MR) is 126 cm³/mol. The number of allylic oxidation sites excluding steroid dienone is 1. The van der Waals surface area contributed by atoms with E-state index in [1.165, 1.54) is 18.2 Å². The highest BCUT2D eigenvalue weighted by Gasteiger charge is 2.23. The van der Waals surface area contributed by atoms with Crippen LogP contribution in [0, 0.1) is 17.1 Å². The number of hydrogen-bond acceptors (Lipinski definition) is 5. The first-order chi connectivity index (χ1) is 17.4. The molecule has 0 fully saturated rings. The van der Waals surface area contributed by atoms with Crippen LogP contribution >= 0.6 is 0 Å². The zero-order valence-corrected chi connectivity index (χ0v) is 19.1. The van der Waals surface area contributed by atoms with Gasteiger partial charge in [0.1, 0.15) is 36.1 Å². The quantitative estimate of drug-likeness (QED) is 0.370. The summed E-state index contributed by atoms with van der Waals surface area (Å²) in [4.78, 5) is 4.32. The normalized spacial score (nSPS) is 14.0. The average molecular weight is 491 g/mol. The molecule has 1 aromatic heterocycles. The van der Waals surface area contributed by atoms with Crippen LogP contribution in [-0.4, -0.2) is 21.3 Å². The highest BCUT2D eigenvalue weighted by atomic mass is 19.3. The fourth-order valence-electron chi connectivity index (χ4n) is 4.53. The van der Waals surface area contributed by atoms with Gasteiger partial charge in [0.2, 0.25) is 0 Å². The van der Waals surface area contributed by atoms with E-state index in [9.17, 15) is 23.5 Å². The zero-order chi connectivity index (χ0) is 25.4. The lowest BCUT2D eigenvalue weighted by Gasteiger charge is -2.14. The molecule has 0 radical (unpaired) electrons. The van der Waals surface area contributed by atoms with Gasteiger partial charge in [-0.3, -0.25) is 0 Å². The first-order valence-electron chi connectivity index (χ1n) is 11.1. The molecular weight excluding hydrogens is 471 g/mol. The molecule has 1 aliphatic heterocycles. The second kappa shape index (κ2) is 9.40. The van der Waals surface area contributed by atoms with Crippen molar-refractivity contribution in [3.63, 3.8) is 0 Å². The van der Waals surface area contributed by atoms with E-state index in [1.54, 1.807) is 29.7 Å². The van der Waals surface area contributed by atoms with Gasteiger partial charge in [0, 0.05) is 29.3 Å². The van der Waals surface area contributed by atoms with Crippen LogP contribution in [0.2, 0.25) is 0 Å². The largest absolute Gasteiger partial charge is 0.488 e. The smallest absolute Gasteiger partial charge is 0.387 e. The maximum Gasteiger partial charge on any atom is 0.387 e. The summed E-state index contributed by atoms with van der Waals surface area (Å²) in [6, 6.07) is 16.8. The molecular formula is C27H20F3N3O3. The summed E-state index contributed by atoms with van der Waals surface area (Å²) in [6.45, 7) is -1.25. The number of ether oxygens (including phenoxy) is 2. The van der Waals surface area contributed by atoms with Gasteiger partial charge in [0.05, 0.1) is 11.6 Å². The van der Waals surface area contributed by atoms with E-state index in [0.29, 0.717) is 33.8 Å². The third kappa shape index (κ3) is 4.16. The third-order valence-electron chi connectivity index (χ3n) is 6.10. The maximum atomic E-state index is 13.9. The summed E-state index contributed by atoms with van der Waals surface area (Å²) in [6.07, 6.45) is 0. The number of para-hydroxylation sites is 1. The Kier molecular flexibility index (Phi) is 6.12. The molecule has 1 N–H and O–H groups in total. The number of aliphatic hydroxyl groups excluding tert-OH is 1. The van der Waals surface area contributed by atoms with Crippen LogP contribution in [0.3, 0.4) is 0 Å². The van der Waals surface area contributed by atoms with Crippen LogP contribution in [-0.2, 0) is 19.8 Å². The van der Waals surface area contributed by atoms with E-state index in [4.69, 9.17) is 4.74 Å². The Bertz CT molecular complexity index is 1550. The molecule has 0 spiro atoms. The summed E-state index contributed by atoms with van der Waals surface area (Å²) < 4.78 is 51.8. The molecule has 5 rings (SSSR count). The molecule has 3 aromatic carbocycles. The number of benzene rings is 3. The number of nitriles is 1. The van der Waals surface area contributed by atoms with Crippen molar-refractivity contribution in [2.45, 2.75) is 33.3 Å². The van der Waals surface area contributed by atoms with Crippen molar-refractivity contribution in [3.8, 4) is 17.6 Å². The number of hydrogen-bond donors (Lipinski definition) is 1. The molecule has 0 aliphatic carbocycles. The minimum Gasteiger partial charge on any atom is -0.488 e. The van der Waals surface area contributed by atoms with Crippen LogP contribution in [0.4, 0.5) is 13.2 Å². The summed E-state index contributed by atoms with van der Waals surface area (Å²) >= 11 is 0. The van der Waals surface area contributed by atoms with Gasteiger partial charge in [-0.2, -0.15) is 14.0 Å². The molecule has 0 atom stereocenters. The molecule has 1 aliphatic rings. The Morgan fingerprint density at radius 3 is 2.75 bits per heavy atom. The Morgan fingerprint density at radius 1 is 1.19 bits per heavy atom. The van der Waals surface area contributed by atoms with Crippen LogP contribution in [0.25, 0.3) is 16.6 Å². The second-order valence-electron chi connectivity index (χ2n) is 8.31. The van der Waals surface area contributed by atoms with Gasteiger partial charge in [0.25, 0.3) is 0 Å². The summed E-state index contributed by atoms with van der Waals surface area (Å²) in [5, 5.41) is 19.5. The lowest BCUT2D eigenvalue weighted by molar-refractivity contribution is -0.0489. The fourth-order valence-corrected chi connectivity index (χ4v) is 4.53. The van der Waals surface area contributed by atoms with Gasteiger partial charge in [-0.1, -0.05) is 18.2 Å². The number of aromatic nitrogens is 2. The molecule has 4 aromatic rings. The van der Waals surface area contributed by atoms with E-state index in [2.05, 4.69) is 15.8 Å². The first kappa shape index (κ1) is 23.5. The van der Waals surface area contributed by atoms with Crippen molar-refractivity contribution in [3.05, 3.63) is 94.1 Å². The Balaban J connectivity index is 1.58. The van der Waals surface area contributed by atoms with E-state index < -0.39 is 19.0 Å². The number of aliphatic hydroxyl groups is 1. The average Bonchev–Trinajstić information content (AvgIpc) is 3.14. The molecule has 0 amide bonds. The summed E-state index contributed by atoms with van der Waals surface area (Å²) in [5.74, 6) is 0.142. The number of fused-ring (bicyclic) bond motifs is 3. The highest BCUT2D eigenvalue weighted by molar-refractivity contribution is 5.88. The van der Waals surface area contributed by atoms with Crippen LogP contribution in [0.1, 0.15) is 35.0 Å². The highest BCUT2D eigenvalue weighted by Crippen LogP contribution is 2.39. The lowest BCUT2D eigenvalue weighted by atomic mass is 9.90. The number of imidazole rings is 1. The molecule has 0 saturated carbocycles. The number of nitrogens with zero attached hydrogens (tertiary/aromatic N) is 3. The van der Waals surface area contributed by atoms with Crippen molar-refractivity contribution < 1.29 is 27.8 Å². The predicted octanol–water partition coefficient (Wildman–Crippen LogP) is 5.56. The van der Waals surface area contributed by atoms with Crippen LogP contribution < -0.4 is 9.47 Å². The van der Waals surface area contributed by atoms with Gasteiger partial charge in [0.15, 0.2) is 5.75 Å². The minimum absolute atomic E-state index is 0.0713. The number of rotatable bonds is 5. The van der Waals surface area contributed by atoms with Crippen molar-refractivity contribution >= 4 is 16.6 Å². The topological polar surface area (TPSA) is 80.3 Å². The molecule has 0 saturated heterocycles. The zero-order valence-electron chi connectivity index (χ0n) is 19.1. The fraction of sp³-hybridized carbons (Fsp3) is 0.185. The van der Waals surface area contributed by atoms with E-state index in [1.807, 2.05) is 18.2 Å². The van der Waals surface area contributed by atoms with Gasteiger partial charge >= 0.3 is 6.61 Å². The molecule has 9 heteroatoms. The van der Waals surface area contributed by atoms with Crippen molar-refractivity contribution in [1.29, 1.82) is 5.26 Å². The molecule has 182 valence electrons. The maximum absolute atomic E-state index is 13.9. The standard InChI is InChI=1S/C27H20F3N3O3/c1-15(11-31)25-19-7-5-16(9-17(19)14-35-23-10-18(28)6-8-20(23)25)12-33-21-3-2-4-22(36-27(29)30)26(21)32-24(33)13-34/h2-10,27,34H,12-14H2,1H3. The molecule has 6 nitrogen and oxygen atoms in total. The molecule has 0 unspecified atom stereocenters. The van der Waals surface area contributed by atoms with Gasteiger partial charge in [-0.05, 0) is 53.9 Å². The molecule has 36 heavy (non-hydrogen) atoms. The number of halogens is 3. The molecule has 2 heterocycles. The van der Waals surface area contributed by atoms with Gasteiger partial charge < -0.3 is 19.1 Å². The van der Waals surface area contributed by atoms with E-state index in [-0.39, 0.29) is 24.4 Å². The van der Waals surface area contributed by atoms with Crippen LogP contribution in [0.5, 0.6) is 11.5 Å². The number of alkyl halides is 2. The monoisotopic (exact) mass is 491 g/mol. The van der Waals surface area contributed by atoms with E-state index in [0.717, 1.165) is 16.7 Å². The Labute approximate surface area is 204 Å². The van der Waals surface area contributed by atoms with Crippen LogP contribution in [0.15, 0.2) is 60.2 Å². The third-order valence-corrected chi connectivity index (χ3v) is 6.10. The van der Waals surface area contributed by atoms with Gasteiger partial charge in [-0.15, -0.1) is 0 Å². The lowest BCUT2D eigenvalue weighted by Crippen LogP contribution is -2.07. The second-order valence-corrected chi connectivity index (χ2v) is 8.31. The van der Waals surface area contributed by atoms with Crippen molar-refractivity contribution in [1.82, 2.24) is 9.55 Å². The molecule has 0 bridgehead atoms. The van der Waals surface area contributed by atoms with Crippen molar-refractivity contribution in [2.75, 3.05) is 0 Å². The van der Waals surface area contributed by atoms with Gasteiger partial charge in [-0.25, -0.2) is 9.37 Å². The summed E-state index contributed by atoms with van der Waals surface area (Å²) in [7, 11) is 0.